The second kappa shape index (κ2) is 63.3. The molecule has 0 saturated carbocycles. The molecule has 0 fully saturated rings. The van der Waals surface area contributed by atoms with Crippen molar-refractivity contribution in [3.8, 4) is 0 Å². The SMILES string of the molecule is CCCCCCCCCCC/C=C/C(CCCCCCCCCCCCCCCC)COS(=O)(=O)[O-].CCCCCCCCCCC/C=C/C(CCCCCCCCCCCCCCCC)COS(=O)(=O)[O-].[Ca+2]. The van der Waals surface area contributed by atoms with Gasteiger partial charge in [-0.05, 0) is 38.5 Å². The van der Waals surface area contributed by atoms with Crippen LogP contribution in [-0.2, 0) is 29.2 Å². The van der Waals surface area contributed by atoms with Gasteiger partial charge in [-0.25, -0.2) is 16.8 Å². The number of hydrogen-bond donors (Lipinski definition) is 0. The van der Waals surface area contributed by atoms with Crippen molar-refractivity contribution < 1.29 is 34.3 Å². The smallest absolute Gasteiger partial charge is 0.726 e. The molecule has 8 nitrogen and oxygen atoms in total. The van der Waals surface area contributed by atoms with Crippen molar-refractivity contribution in [1.29, 1.82) is 0 Å². The number of allylic oxidation sites excluding steroid dienone is 2. The molecule has 0 aliphatic heterocycles. The third-order valence-corrected chi connectivity index (χ3v) is 15.3. The third kappa shape index (κ3) is 72.5. The normalized spacial score (nSPS) is 12.9. The zero-order chi connectivity index (χ0) is 53.2. The molecule has 0 N–H and O–H groups in total. The summed E-state index contributed by atoms with van der Waals surface area (Å²) >= 11 is 0. The molecule has 0 aliphatic carbocycles. The molecule has 2 atom stereocenters. The maximum atomic E-state index is 10.9. The van der Waals surface area contributed by atoms with Crippen LogP contribution in [0.5, 0.6) is 0 Å². The predicted molar refractivity (Wildman–Crippen MR) is 316 cm³/mol. The van der Waals surface area contributed by atoms with Gasteiger partial charge in [0.05, 0.1) is 13.2 Å². The number of rotatable bonds is 58. The quantitative estimate of drug-likeness (QED) is 0.0193. The third-order valence-electron chi connectivity index (χ3n) is 14.5. The summed E-state index contributed by atoms with van der Waals surface area (Å²) in [5, 5.41) is 0. The first-order chi connectivity index (χ1) is 35.0. The molecule has 2 unspecified atom stereocenters. The minimum absolute atomic E-state index is 0. The fraction of sp³-hybridized carbons (Fsp3) is 0.935. The van der Waals surface area contributed by atoms with E-state index < -0.39 is 20.8 Å². The fourth-order valence-corrected chi connectivity index (χ4v) is 10.4. The molecule has 432 valence electrons. The van der Waals surface area contributed by atoms with Gasteiger partial charge in [0.1, 0.15) is 0 Å². The molecular weight excluding hydrogens is 977 g/mol. The van der Waals surface area contributed by atoms with E-state index in [1.807, 2.05) is 0 Å². The molecule has 0 aromatic heterocycles. The summed E-state index contributed by atoms with van der Waals surface area (Å²) in [5.74, 6) is 0.0363. The second-order valence-corrected chi connectivity index (χ2v) is 23.9. The molecule has 0 aromatic carbocycles. The standard InChI is InChI=1S/2C31H62O4S.Ca/c2*1-3-5-7-9-11-13-15-16-17-19-21-23-25-27-29-31(30-35-36(32,33)34)28-26-24-22-20-18-14-12-10-8-6-4-2;/h2*26,28,31H,3-25,27,29-30H2,1-2H3,(H,32,33,34);/q;;+2/p-2/b2*28-26+;. The Bertz CT molecular complexity index is 1230. The van der Waals surface area contributed by atoms with Crippen molar-refractivity contribution in [3.63, 3.8) is 0 Å². The van der Waals surface area contributed by atoms with Crippen LogP contribution in [0.25, 0.3) is 0 Å². The van der Waals surface area contributed by atoms with Gasteiger partial charge in [-0.3, -0.25) is 8.37 Å². The maximum absolute atomic E-state index is 10.9. The first-order valence-electron chi connectivity index (χ1n) is 31.5. The van der Waals surface area contributed by atoms with Crippen molar-refractivity contribution in [2.45, 2.75) is 349 Å². The Morgan fingerprint density at radius 2 is 0.479 bits per heavy atom. The zero-order valence-corrected chi connectivity index (χ0v) is 52.9. The Hall–Kier alpha value is 0.480. The Morgan fingerprint density at radius 1 is 0.301 bits per heavy atom. The molecule has 0 saturated heterocycles. The summed E-state index contributed by atoms with van der Waals surface area (Å²) in [5.41, 5.74) is 0. The van der Waals surface area contributed by atoms with E-state index in [2.05, 4.69) is 60.4 Å². The van der Waals surface area contributed by atoms with E-state index >= 15 is 0 Å². The van der Waals surface area contributed by atoms with Crippen LogP contribution in [-0.4, -0.2) is 76.9 Å². The minimum atomic E-state index is -4.62. The van der Waals surface area contributed by atoms with E-state index in [4.69, 9.17) is 0 Å². The van der Waals surface area contributed by atoms with Gasteiger partial charge in [0.15, 0.2) is 0 Å². The zero-order valence-electron chi connectivity index (χ0n) is 49.0. The van der Waals surface area contributed by atoms with Crippen LogP contribution < -0.4 is 0 Å². The number of hydrogen-bond acceptors (Lipinski definition) is 8. The summed E-state index contributed by atoms with van der Waals surface area (Å²) in [6, 6.07) is 0. The van der Waals surface area contributed by atoms with Gasteiger partial charge >= 0.3 is 37.7 Å². The Kier molecular flexibility index (Phi) is 67.4. The van der Waals surface area contributed by atoms with Crippen molar-refractivity contribution >= 4 is 58.5 Å². The van der Waals surface area contributed by atoms with E-state index in [1.165, 1.54) is 283 Å². The molecule has 0 radical (unpaired) electrons. The van der Waals surface area contributed by atoms with Gasteiger partial charge in [0.25, 0.3) is 0 Å². The van der Waals surface area contributed by atoms with E-state index in [9.17, 15) is 25.9 Å². The van der Waals surface area contributed by atoms with Gasteiger partial charge in [-0.15, -0.1) is 0 Å². The molecule has 0 aliphatic rings. The first-order valence-corrected chi connectivity index (χ1v) is 34.2. The van der Waals surface area contributed by atoms with E-state index in [0.717, 1.165) is 38.5 Å². The van der Waals surface area contributed by atoms with Crippen molar-refractivity contribution in [2.24, 2.45) is 11.8 Å². The van der Waals surface area contributed by atoms with Crippen LogP contribution >= 0.6 is 0 Å². The summed E-state index contributed by atoms with van der Waals surface area (Å²) < 4.78 is 74.5. The molecule has 11 heteroatoms. The monoisotopic (exact) mass is 1100 g/mol. The topological polar surface area (TPSA) is 133 Å². The van der Waals surface area contributed by atoms with Gasteiger partial charge in [0.2, 0.25) is 20.8 Å². The molecule has 0 bridgehead atoms. The van der Waals surface area contributed by atoms with Gasteiger partial charge in [0, 0.05) is 11.8 Å². The fourth-order valence-electron chi connectivity index (χ4n) is 9.74. The molecule has 0 heterocycles. The van der Waals surface area contributed by atoms with Gasteiger partial charge in [-0.1, -0.05) is 335 Å². The molecule has 0 spiro atoms. The van der Waals surface area contributed by atoms with Crippen molar-refractivity contribution in [1.82, 2.24) is 0 Å². The molecule has 0 rings (SSSR count). The van der Waals surface area contributed by atoms with Crippen molar-refractivity contribution in [2.75, 3.05) is 13.2 Å². The molecule has 0 amide bonds. The maximum Gasteiger partial charge on any atom is 2.00 e. The number of unbranched alkanes of at least 4 members (excludes halogenated alkanes) is 44. The van der Waals surface area contributed by atoms with E-state index in [0.29, 0.717) is 0 Å². The molecule has 73 heavy (non-hydrogen) atoms. The van der Waals surface area contributed by atoms with Crippen LogP contribution in [0.2, 0.25) is 0 Å². The van der Waals surface area contributed by atoms with E-state index in [-0.39, 0.29) is 62.8 Å². The van der Waals surface area contributed by atoms with E-state index in [1.54, 1.807) is 0 Å². The predicted octanol–water partition coefficient (Wildman–Crippen LogP) is 20.5. The summed E-state index contributed by atoms with van der Waals surface area (Å²) in [7, 11) is -9.23. The average molecular weight is 1100 g/mol. The van der Waals surface area contributed by atoms with Crippen molar-refractivity contribution in [3.05, 3.63) is 24.3 Å². The minimum Gasteiger partial charge on any atom is -0.726 e. The first kappa shape index (κ1) is 77.7. The Balaban J connectivity index is -0.00000132. The second-order valence-electron chi connectivity index (χ2n) is 21.8. The Morgan fingerprint density at radius 3 is 0.671 bits per heavy atom. The Labute approximate surface area is 487 Å². The largest absolute Gasteiger partial charge is 2.00 e. The van der Waals surface area contributed by atoms with Gasteiger partial charge < -0.3 is 9.11 Å². The summed E-state index contributed by atoms with van der Waals surface area (Å²) in [4.78, 5) is 0. The van der Waals surface area contributed by atoms with Crippen LogP contribution in [0.3, 0.4) is 0 Å². The van der Waals surface area contributed by atoms with Crippen LogP contribution in [0.15, 0.2) is 24.3 Å². The average Bonchev–Trinajstić information content (AvgIpc) is 3.35. The van der Waals surface area contributed by atoms with Crippen LogP contribution in [0, 0.1) is 11.8 Å². The summed E-state index contributed by atoms with van der Waals surface area (Å²) in [6.45, 7) is 9.02. The van der Waals surface area contributed by atoms with Crippen LogP contribution in [0.4, 0.5) is 0 Å². The van der Waals surface area contributed by atoms with Crippen LogP contribution in [0.1, 0.15) is 349 Å². The summed E-state index contributed by atoms with van der Waals surface area (Å²) in [6.07, 6.45) is 73.2. The molecular formula is C62H122CaO8S2. The molecule has 0 aromatic rings. The van der Waals surface area contributed by atoms with Gasteiger partial charge in [-0.2, -0.15) is 0 Å².